The molecule has 0 saturated heterocycles. The van der Waals surface area contributed by atoms with Gasteiger partial charge in [-0.15, -0.1) is 0 Å². The third-order valence-corrected chi connectivity index (χ3v) is 4.76. The predicted molar refractivity (Wildman–Crippen MR) is 85.1 cm³/mol. The number of hydrogen-bond acceptors (Lipinski definition) is 2. The van der Waals surface area contributed by atoms with Crippen LogP contribution in [0.5, 0.6) is 5.75 Å². The van der Waals surface area contributed by atoms with Gasteiger partial charge in [0.05, 0.1) is 7.11 Å². The highest BCUT2D eigenvalue weighted by atomic mass is 16.5. The Morgan fingerprint density at radius 2 is 1.80 bits per heavy atom. The van der Waals surface area contributed by atoms with E-state index in [1.54, 1.807) is 7.11 Å². The minimum Gasteiger partial charge on any atom is -0.497 e. The summed E-state index contributed by atoms with van der Waals surface area (Å²) in [5.41, 5.74) is 1.34. The van der Waals surface area contributed by atoms with Crippen molar-refractivity contribution < 1.29 is 4.74 Å². The van der Waals surface area contributed by atoms with Crippen molar-refractivity contribution in [3.05, 3.63) is 29.8 Å². The van der Waals surface area contributed by atoms with Gasteiger partial charge in [0.1, 0.15) is 5.75 Å². The first kappa shape index (κ1) is 15.4. The van der Waals surface area contributed by atoms with Crippen LogP contribution in [0.2, 0.25) is 0 Å². The highest BCUT2D eigenvalue weighted by molar-refractivity contribution is 5.28. The molecule has 1 aromatic carbocycles. The number of nitrogens with one attached hydrogen (secondary N) is 1. The van der Waals surface area contributed by atoms with Gasteiger partial charge in [0.25, 0.3) is 0 Å². The fourth-order valence-corrected chi connectivity index (χ4v) is 3.33. The molecule has 0 heterocycles. The van der Waals surface area contributed by atoms with Crippen LogP contribution in [0.1, 0.15) is 58.1 Å². The van der Waals surface area contributed by atoms with Gasteiger partial charge in [-0.3, -0.25) is 0 Å². The summed E-state index contributed by atoms with van der Waals surface area (Å²) in [6, 6.07) is 9.51. The van der Waals surface area contributed by atoms with Crippen LogP contribution < -0.4 is 10.1 Å². The van der Waals surface area contributed by atoms with E-state index in [0.717, 1.165) is 17.6 Å². The Bertz CT molecular complexity index is 398. The van der Waals surface area contributed by atoms with E-state index in [1.165, 1.54) is 31.2 Å². The fraction of sp³-hybridized carbons (Fsp3) is 0.667. The van der Waals surface area contributed by atoms with Gasteiger partial charge in [-0.1, -0.05) is 38.8 Å². The minimum atomic E-state index is 0.414. The molecule has 1 aromatic rings. The van der Waals surface area contributed by atoms with Crippen LogP contribution in [0, 0.1) is 11.8 Å². The average molecular weight is 275 g/mol. The molecule has 0 aromatic heterocycles. The van der Waals surface area contributed by atoms with Gasteiger partial charge in [-0.2, -0.15) is 0 Å². The van der Waals surface area contributed by atoms with Crippen molar-refractivity contribution in [2.45, 2.75) is 58.5 Å². The molecule has 0 amide bonds. The Morgan fingerprint density at radius 3 is 2.40 bits per heavy atom. The number of methoxy groups -OCH3 is 1. The van der Waals surface area contributed by atoms with E-state index >= 15 is 0 Å². The Morgan fingerprint density at radius 1 is 1.10 bits per heavy atom. The van der Waals surface area contributed by atoms with Crippen molar-refractivity contribution in [1.29, 1.82) is 0 Å². The molecule has 0 spiro atoms. The molecule has 0 radical (unpaired) electrons. The van der Waals surface area contributed by atoms with Gasteiger partial charge >= 0.3 is 0 Å². The minimum absolute atomic E-state index is 0.414. The lowest BCUT2D eigenvalue weighted by molar-refractivity contribution is 0.223. The smallest absolute Gasteiger partial charge is 0.118 e. The zero-order chi connectivity index (χ0) is 14.5. The Labute approximate surface area is 123 Å². The lowest BCUT2D eigenvalue weighted by Gasteiger charge is -2.34. The summed E-state index contributed by atoms with van der Waals surface area (Å²) in [4.78, 5) is 0. The van der Waals surface area contributed by atoms with Crippen molar-refractivity contribution in [3.63, 3.8) is 0 Å². The molecule has 2 nitrogen and oxygen atoms in total. The summed E-state index contributed by atoms with van der Waals surface area (Å²) in [5, 5.41) is 3.82. The largest absolute Gasteiger partial charge is 0.497 e. The van der Waals surface area contributed by atoms with Crippen LogP contribution in [0.15, 0.2) is 24.3 Å². The first-order valence-corrected chi connectivity index (χ1v) is 8.00. The molecule has 1 N–H and O–H groups in total. The van der Waals surface area contributed by atoms with E-state index in [2.05, 4.69) is 38.2 Å². The second-order valence-corrected chi connectivity index (χ2v) is 6.53. The summed E-state index contributed by atoms with van der Waals surface area (Å²) in [6.45, 7) is 6.99. The molecule has 1 aliphatic carbocycles. The molecule has 20 heavy (non-hydrogen) atoms. The third-order valence-electron chi connectivity index (χ3n) is 4.76. The van der Waals surface area contributed by atoms with Crippen molar-refractivity contribution in [3.8, 4) is 5.75 Å². The zero-order valence-corrected chi connectivity index (χ0v) is 13.4. The number of rotatable bonds is 5. The van der Waals surface area contributed by atoms with Crippen molar-refractivity contribution >= 4 is 0 Å². The predicted octanol–water partition coefficient (Wildman–Crippen LogP) is 4.56. The summed E-state index contributed by atoms with van der Waals surface area (Å²) in [7, 11) is 1.71. The van der Waals surface area contributed by atoms with Gasteiger partial charge in [0.15, 0.2) is 0 Å². The number of benzene rings is 1. The molecule has 1 aliphatic rings. The van der Waals surface area contributed by atoms with E-state index in [0.29, 0.717) is 12.1 Å². The Kier molecular flexibility index (Phi) is 5.47. The molecule has 3 unspecified atom stereocenters. The first-order valence-electron chi connectivity index (χ1n) is 8.00. The molecule has 0 bridgehead atoms. The average Bonchev–Trinajstić information content (AvgIpc) is 2.47. The standard InChI is InChI=1S/C18H29NO/c1-13(2)16-6-5-7-17(12-16)19-14(3)15-8-10-18(20-4)11-9-15/h8-11,13-14,16-17,19H,5-7,12H2,1-4H3. The number of hydrogen-bond donors (Lipinski definition) is 1. The quantitative estimate of drug-likeness (QED) is 0.850. The van der Waals surface area contributed by atoms with E-state index in [1.807, 2.05) is 12.1 Å². The van der Waals surface area contributed by atoms with Crippen molar-refractivity contribution in [2.75, 3.05) is 7.11 Å². The highest BCUT2D eigenvalue weighted by Crippen LogP contribution is 2.31. The zero-order valence-electron chi connectivity index (χ0n) is 13.4. The van der Waals surface area contributed by atoms with Crippen LogP contribution >= 0.6 is 0 Å². The van der Waals surface area contributed by atoms with Crippen LogP contribution in [-0.4, -0.2) is 13.2 Å². The molecular formula is C18H29NO. The maximum absolute atomic E-state index is 5.22. The van der Waals surface area contributed by atoms with E-state index < -0.39 is 0 Å². The summed E-state index contributed by atoms with van der Waals surface area (Å²) >= 11 is 0. The van der Waals surface area contributed by atoms with Gasteiger partial charge in [0.2, 0.25) is 0 Å². The van der Waals surface area contributed by atoms with Crippen LogP contribution in [0.25, 0.3) is 0 Å². The number of ether oxygens (including phenoxy) is 1. The molecule has 2 heteroatoms. The summed E-state index contributed by atoms with van der Waals surface area (Å²) in [5.74, 6) is 2.64. The van der Waals surface area contributed by atoms with Gasteiger partial charge < -0.3 is 10.1 Å². The monoisotopic (exact) mass is 275 g/mol. The normalized spacial score (nSPS) is 24.6. The van der Waals surface area contributed by atoms with Gasteiger partial charge in [-0.25, -0.2) is 0 Å². The summed E-state index contributed by atoms with van der Waals surface area (Å²) < 4.78 is 5.22. The molecule has 0 aliphatic heterocycles. The third kappa shape index (κ3) is 3.99. The second kappa shape index (κ2) is 7.12. The van der Waals surface area contributed by atoms with E-state index in [4.69, 9.17) is 4.74 Å². The summed E-state index contributed by atoms with van der Waals surface area (Å²) in [6.07, 6.45) is 5.44. The lowest BCUT2D eigenvalue weighted by atomic mass is 9.79. The Hall–Kier alpha value is -1.02. The maximum atomic E-state index is 5.22. The van der Waals surface area contributed by atoms with E-state index in [-0.39, 0.29) is 0 Å². The van der Waals surface area contributed by atoms with Crippen LogP contribution in [0.3, 0.4) is 0 Å². The Balaban J connectivity index is 1.91. The van der Waals surface area contributed by atoms with Crippen molar-refractivity contribution in [2.24, 2.45) is 11.8 Å². The molecule has 3 atom stereocenters. The van der Waals surface area contributed by atoms with Gasteiger partial charge in [-0.05, 0) is 49.3 Å². The second-order valence-electron chi connectivity index (χ2n) is 6.53. The molecule has 1 fully saturated rings. The van der Waals surface area contributed by atoms with E-state index in [9.17, 15) is 0 Å². The first-order chi connectivity index (χ1) is 9.60. The molecule has 2 rings (SSSR count). The molecule has 112 valence electrons. The fourth-order valence-electron chi connectivity index (χ4n) is 3.33. The molecule has 1 saturated carbocycles. The SMILES string of the molecule is COc1ccc(C(C)NC2CCCC(C(C)C)C2)cc1. The van der Waals surface area contributed by atoms with Crippen LogP contribution in [-0.2, 0) is 0 Å². The van der Waals surface area contributed by atoms with Crippen LogP contribution in [0.4, 0.5) is 0 Å². The lowest BCUT2D eigenvalue weighted by Crippen LogP contribution is -2.37. The van der Waals surface area contributed by atoms with Gasteiger partial charge in [0, 0.05) is 12.1 Å². The maximum Gasteiger partial charge on any atom is 0.118 e. The van der Waals surface area contributed by atoms with Crippen molar-refractivity contribution in [1.82, 2.24) is 5.32 Å². The molecular weight excluding hydrogens is 246 g/mol. The highest BCUT2D eigenvalue weighted by Gasteiger charge is 2.25. The topological polar surface area (TPSA) is 21.3 Å².